The van der Waals surface area contributed by atoms with E-state index in [1.807, 2.05) is 13.0 Å². The molecule has 6 heteroatoms. The Morgan fingerprint density at radius 3 is 2.67 bits per heavy atom. The van der Waals surface area contributed by atoms with Gasteiger partial charge in [-0.05, 0) is 36.8 Å². The van der Waals surface area contributed by atoms with Gasteiger partial charge in [0, 0.05) is 17.8 Å². The minimum atomic E-state index is -0.399. The zero-order valence-electron chi connectivity index (χ0n) is 15.0. The Bertz CT molecular complexity index is 1040. The van der Waals surface area contributed by atoms with Crippen molar-refractivity contribution in [2.45, 2.75) is 13.5 Å². The molecule has 1 heterocycles. The minimum absolute atomic E-state index is 0.0421. The van der Waals surface area contributed by atoms with Gasteiger partial charge < -0.3 is 14.6 Å². The normalized spacial score (nSPS) is 10.5. The molecule has 0 atom stereocenters. The van der Waals surface area contributed by atoms with Crippen LogP contribution in [0.3, 0.4) is 0 Å². The highest BCUT2D eigenvalue weighted by Gasteiger charge is 2.12. The van der Waals surface area contributed by atoms with E-state index in [1.165, 1.54) is 36.1 Å². The van der Waals surface area contributed by atoms with Gasteiger partial charge in [0.05, 0.1) is 24.9 Å². The minimum Gasteiger partial charge on any atom is -0.495 e. The summed E-state index contributed by atoms with van der Waals surface area (Å²) in [6.07, 6.45) is 1.42. The Morgan fingerprint density at radius 1 is 1.15 bits per heavy atom. The fourth-order valence-corrected chi connectivity index (χ4v) is 2.71. The molecule has 3 aromatic rings. The molecule has 0 aliphatic carbocycles. The van der Waals surface area contributed by atoms with E-state index < -0.39 is 5.82 Å². The number of ether oxygens (including phenoxy) is 1. The first-order valence-electron chi connectivity index (χ1n) is 8.38. The Hall–Kier alpha value is -3.41. The molecule has 0 spiro atoms. The monoisotopic (exact) mass is 366 g/mol. The van der Waals surface area contributed by atoms with Crippen molar-refractivity contribution >= 4 is 11.6 Å². The molecular weight excluding hydrogens is 347 g/mol. The van der Waals surface area contributed by atoms with E-state index in [9.17, 15) is 14.0 Å². The lowest BCUT2D eigenvalue weighted by atomic mass is 10.2. The summed E-state index contributed by atoms with van der Waals surface area (Å²) in [6.45, 7) is 1.95. The molecule has 3 rings (SSSR count). The number of rotatable bonds is 5. The summed E-state index contributed by atoms with van der Waals surface area (Å²) in [5.74, 6) is -0.251. The number of hydrogen-bond acceptors (Lipinski definition) is 3. The number of amides is 1. The Labute approximate surface area is 156 Å². The highest BCUT2D eigenvalue weighted by molar-refractivity contribution is 6.04. The van der Waals surface area contributed by atoms with Crippen LogP contribution in [0.1, 0.15) is 21.5 Å². The van der Waals surface area contributed by atoms with Crippen molar-refractivity contribution in [1.82, 2.24) is 4.57 Å². The van der Waals surface area contributed by atoms with Crippen molar-refractivity contribution in [2.75, 3.05) is 12.4 Å². The Morgan fingerprint density at radius 2 is 1.93 bits per heavy atom. The topological polar surface area (TPSA) is 60.3 Å². The number of hydrogen-bond donors (Lipinski definition) is 1. The summed E-state index contributed by atoms with van der Waals surface area (Å²) in [5.41, 5.74) is 1.85. The number of nitrogens with zero attached hydrogens (tertiary/aromatic N) is 1. The van der Waals surface area contributed by atoms with Gasteiger partial charge in [0.15, 0.2) is 0 Å². The van der Waals surface area contributed by atoms with Gasteiger partial charge in [-0.3, -0.25) is 9.59 Å². The number of carbonyl (C=O) groups excluding carboxylic acids is 1. The number of aromatic nitrogens is 1. The van der Waals surface area contributed by atoms with Crippen molar-refractivity contribution in [3.63, 3.8) is 0 Å². The molecule has 5 nitrogen and oxygen atoms in total. The molecule has 1 aromatic heterocycles. The number of methoxy groups -OCH3 is 1. The van der Waals surface area contributed by atoms with Crippen molar-refractivity contribution in [1.29, 1.82) is 0 Å². The summed E-state index contributed by atoms with van der Waals surface area (Å²) in [7, 11) is 1.52. The van der Waals surface area contributed by atoms with E-state index in [4.69, 9.17) is 4.74 Å². The molecule has 1 N–H and O–H groups in total. The van der Waals surface area contributed by atoms with Crippen LogP contribution in [0, 0.1) is 12.7 Å². The third-order valence-corrected chi connectivity index (χ3v) is 4.15. The van der Waals surface area contributed by atoms with Crippen molar-refractivity contribution in [3.05, 3.63) is 93.7 Å². The smallest absolute Gasteiger partial charge is 0.257 e. The molecule has 0 saturated heterocycles. The molecule has 138 valence electrons. The number of halogens is 1. The van der Waals surface area contributed by atoms with Crippen LogP contribution in [-0.2, 0) is 6.54 Å². The van der Waals surface area contributed by atoms with Gasteiger partial charge in [0.1, 0.15) is 11.6 Å². The van der Waals surface area contributed by atoms with Crippen LogP contribution in [0.15, 0.2) is 65.6 Å². The SMILES string of the molecule is COc1ccc(C)cc1NC(=O)c1ccc(=O)n(Cc2ccccc2F)c1. The van der Waals surface area contributed by atoms with Gasteiger partial charge in [-0.25, -0.2) is 4.39 Å². The number of carbonyl (C=O) groups is 1. The molecule has 0 saturated carbocycles. The summed E-state index contributed by atoms with van der Waals surface area (Å²) in [5, 5.41) is 2.79. The van der Waals surface area contributed by atoms with Gasteiger partial charge >= 0.3 is 0 Å². The maximum Gasteiger partial charge on any atom is 0.257 e. The van der Waals surface area contributed by atoms with Crippen LogP contribution < -0.4 is 15.6 Å². The number of nitrogens with one attached hydrogen (secondary N) is 1. The van der Waals surface area contributed by atoms with Crippen LogP contribution in [0.25, 0.3) is 0 Å². The number of anilines is 1. The lowest BCUT2D eigenvalue weighted by Crippen LogP contribution is -2.23. The highest BCUT2D eigenvalue weighted by Crippen LogP contribution is 2.25. The quantitative estimate of drug-likeness (QED) is 0.750. The van der Waals surface area contributed by atoms with Crippen molar-refractivity contribution < 1.29 is 13.9 Å². The fourth-order valence-electron chi connectivity index (χ4n) is 2.71. The molecule has 0 radical (unpaired) electrons. The zero-order chi connectivity index (χ0) is 19.4. The van der Waals surface area contributed by atoms with E-state index in [0.717, 1.165) is 5.56 Å². The third kappa shape index (κ3) is 4.23. The molecule has 2 aromatic carbocycles. The molecule has 0 fully saturated rings. The van der Waals surface area contributed by atoms with E-state index in [2.05, 4.69) is 5.32 Å². The number of aryl methyl sites for hydroxylation is 1. The van der Waals surface area contributed by atoms with E-state index in [0.29, 0.717) is 17.0 Å². The average Bonchev–Trinajstić information content (AvgIpc) is 2.65. The summed E-state index contributed by atoms with van der Waals surface area (Å²) in [4.78, 5) is 24.7. The number of pyridine rings is 1. The first-order chi connectivity index (χ1) is 13.0. The van der Waals surface area contributed by atoms with Gasteiger partial charge in [-0.15, -0.1) is 0 Å². The second-order valence-electron chi connectivity index (χ2n) is 6.13. The first-order valence-corrected chi connectivity index (χ1v) is 8.38. The molecule has 0 bridgehead atoms. The zero-order valence-corrected chi connectivity index (χ0v) is 15.0. The van der Waals surface area contributed by atoms with Crippen LogP contribution in [0.4, 0.5) is 10.1 Å². The van der Waals surface area contributed by atoms with Crippen molar-refractivity contribution in [2.24, 2.45) is 0 Å². The van der Waals surface area contributed by atoms with Crippen LogP contribution >= 0.6 is 0 Å². The maximum absolute atomic E-state index is 13.9. The summed E-state index contributed by atoms with van der Waals surface area (Å²) < 4.78 is 20.4. The maximum atomic E-state index is 13.9. The Balaban J connectivity index is 1.87. The second kappa shape index (κ2) is 7.86. The van der Waals surface area contributed by atoms with Crippen LogP contribution in [-0.4, -0.2) is 17.6 Å². The molecule has 27 heavy (non-hydrogen) atoms. The highest BCUT2D eigenvalue weighted by atomic mass is 19.1. The fraction of sp³-hybridized carbons (Fsp3) is 0.143. The summed E-state index contributed by atoms with van der Waals surface area (Å²) >= 11 is 0. The van der Waals surface area contributed by atoms with Gasteiger partial charge in [-0.1, -0.05) is 24.3 Å². The lowest BCUT2D eigenvalue weighted by molar-refractivity contribution is 0.102. The summed E-state index contributed by atoms with van der Waals surface area (Å²) in [6, 6.07) is 14.4. The Kier molecular flexibility index (Phi) is 5.35. The lowest BCUT2D eigenvalue weighted by Gasteiger charge is -2.12. The van der Waals surface area contributed by atoms with E-state index >= 15 is 0 Å². The van der Waals surface area contributed by atoms with Crippen LogP contribution in [0.2, 0.25) is 0 Å². The van der Waals surface area contributed by atoms with Crippen molar-refractivity contribution in [3.8, 4) is 5.75 Å². The van der Waals surface area contributed by atoms with Gasteiger partial charge in [-0.2, -0.15) is 0 Å². The molecule has 0 unspecified atom stereocenters. The van der Waals surface area contributed by atoms with Crippen LogP contribution in [0.5, 0.6) is 5.75 Å². The molecule has 0 aliphatic rings. The second-order valence-corrected chi connectivity index (χ2v) is 6.13. The third-order valence-electron chi connectivity index (χ3n) is 4.15. The predicted octanol–water partition coefficient (Wildman–Crippen LogP) is 3.61. The van der Waals surface area contributed by atoms with E-state index in [1.54, 1.807) is 30.3 Å². The predicted molar refractivity (Wildman–Crippen MR) is 102 cm³/mol. The van der Waals surface area contributed by atoms with Gasteiger partial charge in [0.2, 0.25) is 0 Å². The number of benzene rings is 2. The first kappa shape index (κ1) is 18.4. The van der Waals surface area contributed by atoms with Gasteiger partial charge in [0.25, 0.3) is 11.5 Å². The molecule has 1 amide bonds. The largest absolute Gasteiger partial charge is 0.495 e. The molecule has 0 aliphatic heterocycles. The van der Waals surface area contributed by atoms with E-state index in [-0.39, 0.29) is 23.6 Å². The molecular formula is C21H19FN2O3. The standard InChI is InChI=1S/C21H19FN2O3/c1-14-7-9-19(27-2)18(11-14)23-21(26)16-8-10-20(25)24(13-16)12-15-5-3-4-6-17(15)22/h3-11,13H,12H2,1-2H3,(H,23,26). The average molecular weight is 366 g/mol.